The molecule has 0 saturated heterocycles. The highest BCUT2D eigenvalue weighted by Gasteiger charge is 2.18. The predicted molar refractivity (Wildman–Crippen MR) is 98.5 cm³/mol. The van der Waals surface area contributed by atoms with Crippen molar-refractivity contribution in [3.63, 3.8) is 0 Å². The average Bonchev–Trinajstić information content (AvgIpc) is 3.14. The van der Waals surface area contributed by atoms with Gasteiger partial charge in [-0.2, -0.15) is 0 Å². The van der Waals surface area contributed by atoms with E-state index in [2.05, 4.69) is 15.3 Å². The van der Waals surface area contributed by atoms with Crippen molar-refractivity contribution >= 4 is 15.7 Å². The van der Waals surface area contributed by atoms with Crippen LogP contribution in [-0.4, -0.2) is 30.5 Å². The van der Waals surface area contributed by atoms with Crippen LogP contribution in [0.1, 0.15) is 27.8 Å². The molecule has 1 unspecified atom stereocenters. The van der Waals surface area contributed by atoms with E-state index in [1.165, 1.54) is 12.1 Å². The number of nitrogens with one attached hydrogen (secondary N) is 2. The molecule has 0 bridgehead atoms. The lowest BCUT2D eigenvalue weighted by Gasteiger charge is -2.18. The third-order valence-corrected chi connectivity index (χ3v) is 5.09. The van der Waals surface area contributed by atoms with Gasteiger partial charge in [0.05, 0.1) is 10.9 Å². The Morgan fingerprint density at radius 1 is 1.15 bits per heavy atom. The van der Waals surface area contributed by atoms with Gasteiger partial charge in [-0.3, -0.25) is 4.79 Å². The van der Waals surface area contributed by atoms with E-state index in [9.17, 15) is 13.2 Å². The van der Waals surface area contributed by atoms with E-state index < -0.39 is 9.84 Å². The summed E-state index contributed by atoms with van der Waals surface area (Å²) in [6, 6.07) is 15.3. The molecule has 0 aliphatic carbocycles. The number of carbonyl (C=O) groups is 1. The summed E-state index contributed by atoms with van der Waals surface area (Å²) < 4.78 is 23.4. The van der Waals surface area contributed by atoms with Gasteiger partial charge in [0.2, 0.25) is 0 Å². The number of aromatic amines is 1. The Hall–Kier alpha value is -2.93. The standard InChI is InChI=1S/C19H19N3O3S/c1-26(24,25)16-9-5-8-15(12-16)19(23)22-17(13-18-20-10-11-21-18)14-6-3-2-4-7-14/h2-12,17H,13H2,1H3,(H,20,21)(H,22,23). The van der Waals surface area contributed by atoms with Gasteiger partial charge in [-0.1, -0.05) is 36.4 Å². The van der Waals surface area contributed by atoms with Crippen LogP contribution in [0.25, 0.3) is 0 Å². The van der Waals surface area contributed by atoms with Crippen molar-refractivity contribution in [2.24, 2.45) is 0 Å². The number of nitrogens with zero attached hydrogens (tertiary/aromatic N) is 1. The quantitative estimate of drug-likeness (QED) is 0.698. The van der Waals surface area contributed by atoms with Crippen LogP contribution in [0.2, 0.25) is 0 Å². The first-order valence-corrected chi connectivity index (χ1v) is 9.97. The summed E-state index contributed by atoms with van der Waals surface area (Å²) >= 11 is 0. The van der Waals surface area contributed by atoms with Gasteiger partial charge in [0, 0.05) is 30.6 Å². The van der Waals surface area contributed by atoms with Gasteiger partial charge in [-0.05, 0) is 23.8 Å². The molecule has 2 N–H and O–H groups in total. The molecule has 0 aliphatic heterocycles. The third kappa shape index (κ3) is 4.37. The summed E-state index contributed by atoms with van der Waals surface area (Å²) in [5, 5.41) is 2.97. The Kier molecular flexibility index (Phi) is 5.18. The van der Waals surface area contributed by atoms with Crippen LogP contribution < -0.4 is 5.32 Å². The number of rotatable bonds is 6. The van der Waals surface area contributed by atoms with Crippen molar-refractivity contribution in [2.45, 2.75) is 17.4 Å². The van der Waals surface area contributed by atoms with E-state index in [1.807, 2.05) is 30.3 Å². The molecule has 3 rings (SSSR count). The fourth-order valence-electron chi connectivity index (χ4n) is 2.65. The van der Waals surface area contributed by atoms with Gasteiger partial charge in [-0.25, -0.2) is 13.4 Å². The zero-order valence-corrected chi connectivity index (χ0v) is 15.0. The molecular weight excluding hydrogens is 350 g/mol. The highest BCUT2D eigenvalue weighted by Crippen LogP contribution is 2.18. The summed E-state index contributed by atoms with van der Waals surface area (Å²) in [6.45, 7) is 0. The molecule has 1 atom stereocenters. The van der Waals surface area contributed by atoms with Gasteiger partial charge >= 0.3 is 0 Å². The zero-order chi connectivity index (χ0) is 18.6. The molecule has 0 saturated carbocycles. The average molecular weight is 369 g/mol. The van der Waals surface area contributed by atoms with Crippen molar-refractivity contribution in [3.05, 3.63) is 83.9 Å². The van der Waals surface area contributed by atoms with Crippen LogP contribution in [-0.2, 0) is 16.3 Å². The molecule has 26 heavy (non-hydrogen) atoms. The van der Waals surface area contributed by atoms with Crippen LogP contribution in [0.4, 0.5) is 0 Å². The molecule has 1 heterocycles. The van der Waals surface area contributed by atoms with Gasteiger partial charge in [0.1, 0.15) is 5.82 Å². The number of amides is 1. The number of H-pyrrole nitrogens is 1. The maximum absolute atomic E-state index is 12.7. The lowest BCUT2D eigenvalue weighted by molar-refractivity contribution is 0.0936. The summed E-state index contributed by atoms with van der Waals surface area (Å²) in [6.07, 6.45) is 5.01. The van der Waals surface area contributed by atoms with Gasteiger partial charge in [-0.15, -0.1) is 0 Å². The molecule has 7 heteroatoms. The number of sulfone groups is 1. The minimum absolute atomic E-state index is 0.118. The fraction of sp³-hybridized carbons (Fsp3) is 0.158. The topological polar surface area (TPSA) is 91.9 Å². The van der Waals surface area contributed by atoms with E-state index in [-0.39, 0.29) is 16.8 Å². The maximum atomic E-state index is 12.7. The van der Waals surface area contributed by atoms with Crippen molar-refractivity contribution in [1.82, 2.24) is 15.3 Å². The van der Waals surface area contributed by atoms with Crippen molar-refractivity contribution in [3.8, 4) is 0 Å². The molecule has 1 amide bonds. The molecule has 134 valence electrons. The summed E-state index contributed by atoms with van der Waals surface area (Å²) in [5.74, 6) is 0.417. The predicted octanol–water partition coefficient (Wildman–Crippen LogP) is 2.53. The number of hydrogen-bond donors (Lipinski definition) is 2. The molecule has 2 aromatic carbocycles. The number of benzene rings is 2. The number of carbonyl (C=O) groups excluding carboxylic acids is 1. The van der Waals surface area contributed by atoms with Crippen LogP contribution in [0.3, 0.4) is 0 Å². The first-order valence-electron chi connectivity index (χ1n) is 8.07. The van der Waals surface area contributed by atoms with E-state index >= 15 is 0 Å². The van der Waals surface area contributed by atoms with E-state index in [1.54, 1.807) is 24.5 Å². The van der Waals surface area contributed by atoms with Crippen molar-refractivity contribution in [1.29, 1.82) is 0 Å². The monoisotopic (exact) mass is 369 g/mol. The van der Waals surface area contributed by atoms with Crippen molar-refractivity contribution in [2.75, 3.05) is 6.26 Å². The van der Waals surface area contributed by atoms with Crippen LogP contribution in [0.15, 0.2) is 71.9 Å². The molecule has 0 spiro atoms. The Balaban J connectivity index is 1.86. The summed E-state index contributed by atoms with van der Waals surface area (Å²) in [7, 11) is -3.38. The molecule has 3 aromatic rings. The second-order valence-corrected chi connectivity index (χ2v) is 7.99. The Labute approximate surface area is 152 Å². The highest BCUT2D eigenvalue weighted by atomic mass is 32.2. The minimum atomic E-state index is -3.38. The first kappa shape index (κ1) is 17.9. The fourth-order valence-corrected chi connectivity index (χ4v) is 3.32. The summed E-state index contributed by atoms with van der Waals surface area (Å²) in [5.41, 5.74) is 1.24. The second kappa shape index (κ2) is 7.53. The highest BCUT2D eigenvalue weighted by molar-refractivity contribution is 7.90. The molecule has 1 aromatic heterocycles. The second-order valence-electron chi connectivity index (χ2n) is 5.98. The van der Waals surface area contributed by atoms with Gasteiger partial charge in [0.15, 0.2) is 9.84 Å². The molecule has 0 radical (unpaired) electrons. The first-order chi connectivity index (χ1) is 12.4. The zero-order valence-electron chi connectivity index (χ0n) is 14.2. The van der Waals surface area contributed by atoms with Gasteiger partial charge < -0.3 is 10.3 Å². The lowest BCUT2D eigenvalue weighted by Crippen LogP contribution is -2.30. The van der Waals surface area contributed by atoms with E-state index in [0.717, 1.165) is 17.6 Å². The lowest BCUT2D eigenvalue weighted by atomic mass is 10.0. The Morgan fingerprint density at radius 2 is 1.92 bits per heavy atom. The van der Waals surface area contributed by atoms with Crippen LogP contribution in [0, 0.1) is 0 Å². The third-order valence-electron chi connectivity index (χ3n) is 3.98. The number of aromatic nitrogens is 2. The van der Waals surface area contributed by atoms with Crippen LogP contribution in [0.5, 0.6) is 0 Å². The normalized spacial score (nSPS) is 12.5. The smallest absolute Gasteiger partial charge is 0.251 e. The van der Waals surface area contributed by atoms with E-state index in [0.29, 0.717) is 12.0 Å². The minimum Gasteiger partial charge on any atom is -0.349 e. The molecule has 0 aliphatic rings. The maximum Gasteiger partial charge on any atom is 0.251 e. The molecule has 0 fully saturated rings. The Bertz CT molecular complexity index is 984. The summed E-state index contributed by atoms with van der Waals surface area (Å²) in [4.78, 5) is 20.1. The van der Waals surface area contributed by atoms with Crippen molar-refractivity contribution < 1.29 is 13.2 Å². The molecular formula is C19H19N3O3S. The SMILES string of the molecule is CS(=O)(=O)c1cccc(C(=O)NC(Cc2ncc[nH]2)c2ccccc2)c1. The van der Waals surface area contributed by atoms with Crippen LogP contribution >= 0.6 is 0 Å². The van der Waals surface area contributed by atoms with Gasteiger partial charge in [0.25, 0.3) is 5.91 Å². The molecule has 6 nitrogen and oxygen atoms in total. The Morgan fingerprint density at radius 3 is 2.58 bits per heavy atom. The number of hydrogen-bond acceptors (Lipinski definition) is 4. The number of imidazole rings is 1. The van der Waals surface area contributed by atoms with E-state index in [4.69, 9.17) is 0 Å². The largest absolute Gasteiger partial charge is 0.349 e.